The van der Waals surface area contributed by atoms with Crippen molar-refractivity contribution in [2.45, 2.75) is 23.1 Å². The summed E-state index contributed by atoms with van der Waals surface area (Å²) in [6, 6.07) is 0. The number of aromatic nitrogens is 6. The van der Waals surface area contributed by atoms with Gasteiger partial charge in [0.2, 0.25) is 5.91 Å². The van der Waals surface area contributed by atoms with Gasteiger partial charge in [0.05, 0.1) is 28.7 Å². The first-order chi connectivity index (χ1) is 11.6. The van der Waals surface area contributed by atoms with E-state index in [9.17, 15) is 4.79 Å². The van der Waals surface area contributed by atoms with Crippen molar-refractivity contribution >= 4 is 34.4 Å². The molecule has 1 fully saturated rings. The Balaban J connectivity index is 1.60. The van der Waals surface area contributed by atoms with Crippen molar-refractivity contribution < 1.29 is 4.79 Å². The molecule has 1 amide bonds. The lowest BCUT2D eigenvalue weighted by Crippen LogP contribution is -2.42. The topological polar surface area (TPSA) is 81.7 Å². The zero-order valence-electron chi connectivity index (χ0n) is 13.5. The van der Waals surface area contributed by atoms with E-state index < -0.39 is 0 Å². The standard InChI is InChI=1S/C15H17N7OS/c1-20-8-10(6-18-20)22-5-3-4-12(15(22)23)24-14-11-7-19-21(2)13(11)16-9-17-14/h6-9,12H,3-5H2,1-2H3. The molecule has 9 heteroatoms. The van der Waals surface area contributed by atoms with Crippen LogP contribution in [0, 0.1) is 0 Å². The molecule has 0 spiro atoms. The molecule has 4 rings (SSSR count). The Hall–Kier alpha value is -2.42. The van der Waals surface area contributed by atoms with Gasteiger partial charge in [0.15, 0.2) is 5.65 Å². The fourth-order valence-corrected chi connectivity index (χ4v) is 4.09. The van der Waals surface area contributed by atoms with Crippen LogP contribution in [0.5, 0.6) is 0 Å². The number of piperidine rings is 1. The fraction of sp³-hybridized carbons (Fsp3) is 0.400. The van der Waals surface area contributed by atoms with E-state index in [1.165, 1.54) is 18.1 Å². The molecule has 3 aromatic rings. The zero-order chi connectivity index (χ0) is 16.7. The van der Waals surface area contributed by atoms with Crippen LogP contribution >= 0.6 is 11.8 Å². The second kappa shape index (κ2) is 5.90. The van der Waals surface area contributed by atoms with Crippen molar-refractivity contribution in [3.63, 3.8) is 0 Å². The van der Waals surface area contributed by atoms with Crippen molar-refractivity contribution in [2.24, 2.45) is 14.1 Å². The molecule has 0 aliphatic carbocycles. The molecule has 0 radical (unpaired) electrons. The van der Waals surface area contributed by atoms with Gasteiger partial charge in [0.25, 0.3) is 0 Å². The summed E-state index contributed by atoms with van der Waals surface area (Å²) in [6.07, 6.45) is 8.68. The Morgan fingerprint density at radius 2 is 2.08 bits per heavy atom. The van der Waals surface area contributed by atoms with Gasteiger partial charge in [0.1, 0.15) is 11.4 Å². The highest BCUT2D eigenvalue weighted by Crippen LogP contribution is 2.34. The molecular formula is C15H17N7OS. The number of anilines is 1. The summed E-state index contributed by atoms with van der Waals surface area (Å²) in [7, 11) is 3.70. The molecule has 0 N–H and O–H groups in total. The maximum atomic E-state index is 12.9. The van der Waals surface area contributed by atoms with E-state index in [-0.39, 0.29) is 11.2 Å². The first-order valence-corrected chi connectivity index (χ1v) is 8.61. The molecule has 4 heterocycles. The Bertz CT molecular complexity index is 902. The van der Waals surface area contributed by atoms with Gasteiger partial charge >= 0.3 is 0 Å². The summed E-state index contributed by atoms with van der Waals surface area (Å²) in [5, 5.41) is 9.93. The number of rotatable bonds is 3. The van der Waals surface area contributed by atoms with E-state index in [1.807, 2.05) is 25.2 Å². The highest BCUT2D eigenvalue weighted by Gasteiger charge is 2.32. The molecule has 8 nitrogen and oxygen atoms in total. The Morgan fingerprint density at radius 3 is 2.88 bits per heavy atom. The number of aryl methyl sites for hydroxylation is 2. The van der Waals surface area contributed by atoms with Crippen molar-refractivity contribution in [3.8, 4) is 0 Å². The lowest BCUT2D eigenvalue weighted by molar-refractivity contribution is -0.119. The summed E-state index contributed by atoms with van der Waals surface area (Å²) in [5.41, 5.74) is 1.63. The second-order valence-electron chi connectivity index (χ2n) is 5.80. The lowest BCUT2D eigenvalue weighted by Gasteiger charge is -2.30. The normalized spacial score (nSPS) is 18.5. The minimum absolute atomic E-state index is 0.106. The van der Waals surface area contributed by atoms with Crippen LogP contribution in [-0.2, 0) is 18.9 Å². The van der Waals surface area contributed by atoms with E-state index in [0.717, 1.165) is 41.1 Å². The van der Waals surface area contributed by atoms with Crippen LogP contribution in [0.3, 0.4) is 0 Å². The summed E-state index contributed by atoms with van der Waals surface area (Å²) in [6.45, 7) is 0.730. The lowest BCUT2D eigenvalue weighted by atomic mass is 10.1. The van der Waals surface area contributed by atoms with Crippen molar-refractivity contribution in [1.82, 2.24) is 29.5 Å². The number of carbonyl (C=O) groups excluding carboxylic acids is 1. The maximum absolute atomic E-state index is 12.9. The van der Waals surface area contributed by atoms with Crippen LogP contribution in [0.1, 0.15) is 12.8 Å². The molecule has 1 aliphatic rings. The van der Waals surface area contributed by atoms with Gasteiger partial charge in [-0.2, -0.15) is 10.2 Å². The van der Waals surface area contributed by atoms with Crippen LogP contribution in [-0.4, -0.2) is 47.2 Å². The van der Waals surface area contributed by atoms with Gasteiger partial charge in [0, 0.05) is 26.8 Å². The average molecular weight is 343 g/mol. The van der Waals surface area contributed by atoms with Crippen molar-refractivity contribution in [1.29, 1.82) is 0 Å². The van der Waals surface area contributed by atoms with E-state index in [1.54, 1.807) is 21.8 Å². The van der Waals surface area contributed by atoms with E-state index in [0.29, 0.717) is 0 Å². The number of carbonyl (C=O) groups is 1. The largest absolute Gasteiger partial charge is 0.309 e. The molecular weight excluding hydrogens is 326 g/mol. The number of nitrogens with zero attached hydrogens (tertiary/aromatic N) is 7. The van der Waals surface area contributed by atoms with Crippen LogP contribution in [0.15, 0.2) is 29.9 Å². The van der Waals surface area contributed by atoms with Gasteiger partial charge < -0.3 is 4.90 Å². The number of thioether (sulfide) groups is 1. The predicted molar refractivity (Wildman–Crippen MR) is 90.7 cm³/mol. The van der Waals surface area contributed by atoms with E-state index in [2.05, 4.69) is 20.2 Å². The summed E-state index contributed by atoms with van der Waals surface area (Å²) in [5.74, 6) is 0.106. The third-order valence-corrected chi connectivity index (χ3v) is 5.41. The molecule has 24 heavy (non-hydrogen) atoms. The van der Waals surface area contributed by atoms with Gasteiger partial charge in [-0.3, -0.25) is 14.2 Å². The van der Waals surface area contributed by atoms with Crippen LogP contribution in [0.4, 0.5) is 5.69 Å². The Morgan fingerprint density at radius 1 is 1.21 bits per heavy atom. The third kappa shape index (κ3) is 2.54. The molecule has 1 unspecified atom stereocenters. The van der Waals surface area contributed by atoms with Crippen LogP contribution in [0.25, 0.3) is 11.0 Å². The zero-order valence-corrected chi connectivity index (χ0v) is 14.3. The molecule has 124 valence electrons. The average Bonchev–Trinajstić information content (AvgIpc) is 3.17. The van der Waals surface area contributed by atoms with Gasteiger partial charge in [-0.15, -0.1) is 0 Å². The first kappa shape index (κ1) is 15.1. The van der Waals surface area contributed by atoms with Gasteiger partial charge in [-0.05, 0) is 12.8 Å². The van der Waals surface area contributed by atoms with Crippen LogP contribution in [0.2, 0.25) is 0 Å². The van der Waals surface area contributed by atoms with Gasteiger partial charge in [-0.1, -0.05) is 11.8 Å². The minimum atomic E-state index is -0.155. The fourth-order valence-electron chi connectivity index (χ4n) is 2.92. The van der Waals surface area contributed by atoms with E-state index in [4.69, 9.17) is 0 Å². The number of hydrogen-bond acceptors (Lipinski definition) is 6. The molecule has 0 aromatic carbocycles. The first-order valence-electron chi connectivity index (χ1n) is 7.73. The minimum Gasteiger partial charge on any atom is -0.309 e. The molecule has 0 saturated carbocycles. The van der Waals surface area contributed by atoms with Crippen molar-refractivity contribution in [2.75, 3.05) is 11.4 Å². The Kier molecular flexibility index (Phi) is 3.72. The van der Waals surface area contributed by atoms with Crippen molar-refractivity contribution in [3.05, 3.63) is 24.9 Å². The molecule has 1 saturated heterocycles. The summed E-state index contributed by atoms with van der Waals surface area (Å²) in [4.78, 5) is 23.3. The molecule has 1 aliphatic heterocycles. The SMILES string of the molecule is Cn1cc(N2CCCC(Sc3ncnc4c3cnn4C)C2=O)cn1. The quantitative estimate of drug-likeness (QED) is 0.668. The molecule has 1 atom stereocenters. The predicted octanol–water partition coefficient (Wildman–Crippen LogP) is 1.38. The van der Waals surface area contributed by atoms with Gasteiger partial charge in [-0.25, -0.2) is 9.97 Å². The maximum Gasteiger partial charge on any atom is 0.240 e. The van der Waals surface area contributed by atoms with Crippen LogP contribution < -0.4 is 4.90 Å². The number of fused-ring (bicyclic) bond motifs is 1. The third-order valence-electron chi connectivity index (χ3n) is 4.14. The smallest absolute Gasteiger partial charge is 0.240 e. The summed E-state index contributed by atoms with van der Waals surface area (Å²) < 4.78 is 3.43. The number of amides is 1. The second-order valence-corrected chi connectivity index (χ2v) is 6.99. The highest BCUT2D eigenvalue weighted by molar-refractivity contribution is 8.00. The molecule has 3 aromatic heterocycles. The number of hydrogen-bond donors (Lipinski definition) is 0. The summed E-state index contributed by atoms with van der Waals surface area (Å²) >= 11 is 1.50. The molecule has 0 bridgehead atoms. The monoisotopic (exact) mass is 343 g/mol. The van der Waals surface area contributed by atoms with E-state index >= 15 is 0 Å². The Labute approximate surface area is 142 Å². The highest BCUT2D eigenvalue weighted by atomic mass is 32.2.